The smallest absolute Gasteiger partial charge is 0.237 e. The molecular formula is C22H19BrN4O2S. The number of nitrogens with one attached hydrogen (secondary N) is 1. The highest BCUT2D eigenvalue weighted by Crippen LogP contribution is 2.32. The van der Waals surface area contributed by atoms with Gasteiger partial charge in [-0.3, -0.25) is 9.36 Å². The van der Waals surface area contributed by atoms with E-state index in [0.29, 0.717) is 11.0 Å². The number of aromatic nitrogens is 3. The van der Waals surface area contributed by atoms with E-state index < -0.39 is 0 Å². The summed E-state index contributed by atoms with van der Waals surface area (Å²) in [6.45, 7) is 3.74. The summed E-state index contributed by atoms with van der Waals surface area (Å²) in [6.07, 6.45) is 1.63. The van der Waals surface area contributed by atoms with Gasteiger partial charge in [-0.15, -0.1) is 10.2 Å². The number of carbonyl (C=O) groups is 1. The Balaban J connectivity index is 1.62. The van der Waals surface area contributed by atoms with Crippen LogP contribution in [0.3, 0.4) is 0 Å². The quantitative estimate of drug-likeness (QED) is 0.356. The van der Waals surface area contributed by atoms with Crippen LogP contribution in [0.2, 0.25) is 0 Å². The zero-order valence-corrected chi connectivity index (χ0v) is 18.8. The molecule has 1 unspecified atom stereocenters. The molecule has 2 aromatic heterocycles. The molecule has 2 heterocycles. The zero-order chi connectivity index (χ0) is 21.1. The second-order valence-electron chi connectivity index (χ2n) is 6.62. The van der Waals surface area contributed by atoms with Crippen LogP contribution < -0.4 is 5.32 Å². The maximum Gasteiger partial charge on any atom is 0.237 e. The minimum Gasteiger partial charge on any atom is -0.469 e. The van der Waals surface area contributed by atoms with Crippen LogP contribution in [0.4, 0.5) is 5.69 Å². The number of furan rings is 1. The third kappa shape index (κ3) is 4.34. The number of halogens is 1. The molecule has 0 saturated carbocycles. The number of hydrogen-bond acceptors (Lipinski definition) is 5. The summed E-state index contributed by atoms with van der Waals surface area (Å²) in [7, 11) is 0. The van der Waals surface area contributed by atoms with E-state index in [1.165, 1.54) is 11.8 Å². The van der Waals surface area contributed by atoms with Gasteiger partial charge in [0.2, 0.25) is 5.91 Å². The van der Waals surface area contributed by atoms with E-state index in [0.717, 1.165) is 27.2 Å². The Kier molecular flexibility index (Phi) is 6.06. The lowest BCUT2D eigenvalue weighted by Crippen LogP contribution is -2.22. The number of rotatable bonds is 6. The number of para-hydroxylation sites is 1. The summed E-state index contributed by atoms with van der Waals surface area (Å²) in [5.74, 6) is 1.33. The fourth-order valence-corrected chi connectivity index (χ4v) is 4.07. The van der Waals surface area contributed by atoms with E-state index in [-0.39, 0.29) is 11.2 Å². The van der Waals surface area contributed by atoms with Crippen molar-refractivity contribution in [1.29, 1.82) is 0 Å². The van der Waals surface area contributed by atoms with Crippen LogP contribution in [0.25, 0.3) is 17.1 Å². The van der Waals surface area contributed by atoms with E-state index in [1.54, 1.807) is 6.26 Å². The lowest BCUT2D eigenvalue weighted by Gasteiger charge is -2.14. The number of thioether (sulfide) groups is 1. The number of carbonyl (C=O) groups excluding carboxylic acids is 1. The predicted molar refractivity (Wildman–Crippen MR) is 122 cm³/mol. The van der Waals surface area contributed by atoms with E-state index in [2.05, 4.69) is 31.4 Å². The highest BCUT2D eigenvalue weighted by Gasteiger charge is 2.23. The van der Waals surface area contributed by atoms with E-state index in [4.69, 9.17) is 4.42 Å². The number of benzene rings is 2. The lowest BCUT2D eigenvalue weighted by molar-refractivity contribution is -0.115. The van der Waals surface area contributed by atoms with Crippen molar-refractivity contribution in [3.8, 4) is 17.1 Å². The van der Waals surface area contributed by atoms with Crippen molar-refractivity contribution < 1.29 is 9.21 Å². The second kappa shape index (κ2) is 8.89. The summed E-state index contributed by atoms with van der Waals surface area (Å²) in [5.41, 5.74) is 2.53. The largest absolute Gasteiger partial charge is 0.469 e. The molecule has 0 aliphatic rings. The fraction of sp³-hybridized carbons (Fsp3) is 0.136. The summed E-state index contributed by atoms with van der Waals surface area (Å²) < 4.78 is 8.37. The zero-order valence-electron chi connectivity index (χ0n) is 16.4. The first-order chi connectivity index (χ1) is 14.5. The SMILES string of the molecule is Cc1occc1-c1nnc(SC(C)C(=O)Nc2ccc(Br)cc2)n1-c1ccccc1. The van der Waals surface area contributed by atoms with Crippen molar-refractivity contribution in [1.82, 2.24) is 14.8 Å². The Hall–Kier alpha value is -2.84. The standard InChI is InChI=1S/C22H19BrN4O2S/c1-14-19(12-13-29-14)20-25-26-22(27(20)18-6-4-3-5-7-18)30-15(2)21(28)24-17-10-8-16(23)9-11-17/h3-13,15H,1-2H3,(H,24,28). The molecule has 0 bridgehead atoms. The van der Waals surface area contributed by atoms with Crippen molar-refractivity contribution >= 4 is 39.3 Å². The maximum absolute atomic E-state index is 12.7. The number of anilines is 1. The van der Waals surface area contributed by atoms with Gasteiger partial charge in [0.15, 0.2) is 11.0 Å². The van der Waals surface area contributed by atoms with Crippen LogP contribution in [0.15, 0.2) is 81.0 Å². The average Bonchev–Trinajstić information content (AvgIpc) is 3.36. The Labute approximate surface area is 186 Å². The first-order valence-electron chi connectivity index (χ1n) is 9.31. The molecule has 0 saturated heterocycles. The van der Waals surface area contributed by atoms with Crippen LogP contribution in [-0.4, -0.2) is 25.9 Å². The molecule has 0 spiro atoms. The number of amides is 1. The first-order valence-corrected chi connectivity index (χ1v) is 11.0. The van der Waals surface area contributed by atoms with Crippen molar-refractivity contribution in [3.05, 3.63) is 77.2 Å². The molecule has 30 heavy (non-hydrogen) atoms. The number of hydrogen-bond donors (Lipinski definition) is 1. The van der Waals surface area contributed by atoms with Gasteiger partial charge in [-0.2, -0.15) is 0 Å². The van der Waals surface area contributed by atoms with Crippen LogP contribution in [0.1, 0.15) is 12.7 Å². The Morgan fingerprint density at radius 2 is 1.83 bits per heavy atom. The summed E-state index contributed by atoms with van der Waals surface area (Å²) >= 11 is 4.75. The van der Waals surface area contributed by atoms with Gasteiger partial charge in [-0.1, -0.05) is 45.9 Å². The molecule has 1 amide bonds. The molecule has 1 atom stereocenters. The molecule has 0 radical (unpaired) electrons. The van der Waals surface area contributed by atoms with Crippen LogP contribution in [0, 0.1) is 6.92 Å². The molecule has 4 rings (SSSR count). The summed E-state index contributed by atoms with van der Waals surface area (Å²) in [5, 5.41) is 12.0. The Morgan fingerprint density at radius 1 is 1.10 bits per heavy atom. The lowest BCUT2D eigenvalue weighted by atomic mass is 10.2. The second-order valence-corrected chi connectivity index (χ2v) is 8.85. The molecule has 1 N–H and O–H groups in total. The van der Waals surface area contributed by atoms with Crippen molar-refractivity contribution in [2.24, 2.45) is 0 Å². The van der Waals surface area contributed by atoms with Gasteiger partial charge in [-0.05, 0) is 56.3 Å². The van der Waals surface area contributed by atoms with Gasteiger partial charge in [-0.25, -0.2) is 0 Å². The van der Waals surface area contributed by atoms with Gasteiger partial charge >= 0.3 is 0 Å². The number of nitrogens with zero attached hydrogens (tertiary/aromatic N) is 3. The minimum atomic E-state index is -0.376. The van der Waals surface area contributed by atoms with Gasteiger partial charge in [0.05, 0.1) is 17.1 Å². The number of aryl methyl sites for hydroxylation is 1. The van der Waals surface area contributed by atoms with E-state index >= 15 is 0 Å². The van der Waals surface area contributed by atoms with E-state index in [9.17, 15) is 4.79 Å². The van der Waals surface area contributed by atoms with Gasteiger partial charge in [0, 0.05) is 15.8 Å². The topological polar surface area (TPSA) is 72.9 Å². The molecule has 4 aromatic rings. The third-order valence-corrected chi connectivity index (χ3v) is 6.08. The summed E-state index contributed by atoms with van der Waals surface area (Å²) in [4.78, 5) is 12.7. The van der Waals surface area contributed by atoms with Gasteiger partial charge < -0.3 is 9.73 Å². The first kappa shape index (κ1) is 20.4. The van der Waals surface area contributed by atoms with Crippen LogP contribution in [0.5, 0.6) is 0 Å². The van der Waals surface area contributed by atoms with Gasteiger partial charge in [0.25, 0.3) is 0 Å². The summed E-state index contributed by atoms with van der Waals surface area (Å²) in [6, 6.07) is 19.2. The third-order valence-electron chi connectivity index (χ3n) is 4.51. The highest BCUT2D eigenvalue weighted by molar-refractivity contribution is 9.10. The van der Waals surface area contributed by atoms with Gasteiger partial charge in [0.1, 0.15) is 5.76 Å². The fourth-order valence-electron chi connectivity index (χ4n) is 2.94. The monoisotopic (exact) mass is 482 g/mol. The molecule has 2 aromatic carbocycles. The highest BCUT2D eigenvalue weighted by atomic mass is 79.9. The average molecular weight is 483 g/mol. The molecule has 8 heteroatoms. The molecule has 152 valence electrons. The normalized spacial score (nSPS) is 12.0. The van der Waals surface area contributed by atoms with Crippen molar-refractivity contribution in [2.45, 2.75) is 24.3 Å². The molecule has 0 fully saturated rings. The van der Waals surface area contributed by atoms with Crippen LogP contribution >= 0.6 is 27.7 Å². The predicted octanol–water partition coefficient (Wildman–Crippen LogP) is 5.72. The minimum absolute atomic E-state index is 0.106. The molecular weight excluding hydrogens is 464 g/mol. The molecule has 0 aliphatic heterocycles. The van der Waals surface area contributed by atoms with E-state index in [1.807, 2.05) is 79.1 Å². The van der Waals surface area contributed by atoms with Crippen molar-refractivity contribution in [2.75, 3.05) is 5.32 Å². The Morgan fingerprint density at radius 3 is 2.50 bits per heavy atom. The van der Waals surface area contributed by atoms with Crippen LogP contribution in [-0.2, 0) is 4.79 Å². The van der Waals surface area contributed by atoms with Crippen molar-refractivity contribution in [3.63, 3.8) is 0 Å². The Bertz CT molecular complexity index is 1160. The molecule has 6 nitrogen and oxygen atoms in total. The maximum atomic E-state index is 12.7. The molecule has 0 aliphatic carbocycles.